The third kappa shape index (κ3) is 1.41. The van der Waals surface area contributed by atoms with Crippen LogP contribution < -0.4 is 9.88 Å². The Hall–Kier alpha value is -1.08. The third-order valence-electron chi connectivity index (χ3n) is 1.34. The van der Waals surface area contributed by atoms with E-state index in [1.807, 2.05) is 0 Å². The quantitative estimate of drug-likeness (QED) is 0.654. The van der Waals surface area contributed by atoms with Crippen molar-refractivity contribution in [2.75, 3.05) is 7.11 Å². The summed E-state index contributed by atoms with van der Waals surface area (Å²) in [7, 11) is -0.930. The van der Waals surface area contributed by atoms with E-state index in [9.17, 15) is 8.42 Å². The Morgan fingerprint density at radius 1 is 1.67 bits per heavy atom. The van der Waals surface area contributed by atoms with E-state index in [2.05, 4.69) is 5.10 Å². The maximum atomic E-state index is 10.9. The number of aromatic nitrogens is 2. The van der Waals surface area contributed by atoms with E-state index in [0.717, 1.165) is 4.68 Å². The van der Waals surface area contributed by atoms with Crippen LogP contribution in [0.3, 0.4) is 0 Å². The standard InChI is InChI=1S/C5H9N3O3S/c1-8-5(12(6,9)10)4(11-2)3-7-8/h3H,1-2H3,(H2,6,9,10). The molecule has 0 aliphatic carbocycles. The van der Waals surface area contributed by atoms with Crippen LogP contribution in [0.1, 0.15) is 0 Å². The van der Waals surface area contributed by atoms with Gasteiger partial charge < -0.3 is 4.74 Å². The normalized spacial score (nSPS) is 11.6. The first-order valence-electron chi connectivity index (χ1n) is 3.05. The van der Waals surface area contributed by atoms with Gasteiger partial charge in [-0.3, -0.25) is 4.68 Å². The van der Waals surface area contributed by atoms with Gasteiger partial charge in [0.25, 0.3) is 10.0 Å². The topological polar surface area (TPSA) is 87.2 Å². The van der Waals surface area contributed by atoms with Crippen molar-refractivity contribution in [1.29, 1.82) is 0 Å². The zero-order chi connectivity index (χ0) is 9.35. The van der Waals surface area contributed by atoms with Crippen molar-refractivity contribution in [2.24, 2.45) is 12.2 Å². The summed E-state index contributed by atoms with van der Waals surface area (Å²) in [4.78, 5) is 0. The highest BCUT2D eigenvalue weighted by atomic mass is 32.2. The molecule has 0 aromatic carbocycles. The van der Waals surface area contributed by atoms with E-state index in [4.69, 9.17) is 9.88 Å². The van der Waals surface area contributed by atoms with Crippen LogP contribution in [0.2, 0.25) is 0 Å². The number of nitrogens with zero attached hydrogens (tertiary/aromatic N) is 2. The number of sulfonamides is 1. The molecule has 0 aliphatic rings. The minimum Gasteiger partial charge on any atom is -0.492 e. The molecule has 0 saturated heterocycles. The van der Waals surface area contributed by atoms with Gasteiger partial charge in [0.15, 0.2) is 5.75 Å². The lowest BCUT2D eigenvalue weighted by atomic mass is 10.6. The number of methoxy groups -OCH3 is 1. The van der Waals surface area contributed by atoms with Gasteiger partial charge in [0.1, 0.15) is 0 Å². The molecule has 1 heterocycles. The van der Waals surface area contributed by atoms with E-state index in [-0.39, 0.29) is 10.8 Å². The largest absolute Gasteiger partial charge is 0.492 e. The van der Waals surface area contributed by atoms with Crippen molar-refractivity contribution in [2.45, 2.75) is 5.03 Å². The minimum absolute atomic E-state index is 0.120. The summed E-state index contributed by atoms with van der Waals surface area (Å²) in [6, 6.07) is 0. The van der Waals surface area contributed by atoms with Crippen molar-refractivity contribution in [3.63, 3.8) is 0 Å². The zero-order valence-corrected chi connectivity index (χ0v) is 7.50. The monoisotopic (exact) mass is 191 g/mol. The molecule has 2 N–H and O–H groups in total. The molecule has 0 atom stereocenters. The predicted octanol–water partition coefficient (Wildman–Crippen LogP) is -0.924. The molecule has 0 spiro atoms. The van der Waals surface area contributed by atoms with Gasteiger partial charge in [-0.15, -0.1) is 0 Å². The van der Waals surface area contributed by atoms with Gasteiger partial charge >= 0.3 is 0 Å². The molecule has 0 fully saturated rings. The van der Waals surface area contributed by atoms with Gasteiger partial charge in [-0.25, -0.2) is 13.6 Å². The van der Waals surface area contributed by atoms with Crippen molar-refractivity contribution in [3.05, 3.63) is 6.20 Å². The number of rotatable bonds is 2. The Bertz CT molecular complexity index is 381. The average Bonchev–Trinajstić information content (AvgIpc) is 2.29. The van der Waals surface area contributed by atoms with E-state index in [1.165, 1.54) is 20.4 Å². The smallest absolute Gasteiger partial charge is 0.259 e. The molecule has 0 unspecified atom stereocenters. The van der Waals surface area contributed by atoms with Gasteiger partial charge in [-0.1, -0.05) is 0 Å². The molecule has 1 aromatic rings. The van der Waals surface area contributed by atoms with Crippen LogP contribution in [0, 0.1) is 0 Å². The Labute approximate surface area is 70.0 Å². The van der Waals surface area contributed by atoms with Gasteiger partial charge in [0.2, 0.25) is 5.03 Å². The fourth-order valence-corrected chi connectivity index (χ4v) is 1.70. The molecule has 68 valence electrons. The Balaban J connectivity index is 3.39. The molecular weight excluding hydrogens is 182 g/mol. The summed E-state index contributed by atoms with van der Waals surface area (Å²) in [5, 5.41) is 8.48. The van der Waals surface area contributed by atoms with E-state index >= 15 is 0 Å². The number of aryl methyl sites for hydroxylation is 1. The first-order chi connectivity index (χ1) is 5.46. The molecule has 1 rings (SSSR count). The van der Waals surface area contributed by atoms with Crippen molar-refractivity contribution < 1.29 is 13.2 Å². The zero-order valence-electron chi connectivity index (χ0n) is 6.68. The number of primary sulfonamides is 1. The third-order valence-corrected chi connectivity index (χ3v) is 2.35. The Morgan fingerprint density at radius 2 is 2.25 bits per heavy atom. The number of ether oxygens (including phenoxy) is 1. The predicted molar refractivity (Wildman–Crippen MR) is 41.1 cm³/mol. The minimum atomic E-state index is -3.76. The molecule has 7 heteroatoms. The average molecular weight is 191 g/mol. The number of nitrogens with two attached hydrogens (primary N) is 1. The molecular formula is C5H9N3O3S. The van der Waals surface area contributed by atoms with Crippen LogP contribution >= 0.6 is 0 Å². The second-order valence-electron chi connectivity index (χ2n) is 2.19. The summed E-state index contributed by atoms with van der Waals surface area (Å²) in [6.45, 7) is 0. The fourth-order valence-electron chi connectivity index (χ4n) is 0.871. The molecule has 6 nitrogen and oxygen atoms in total. The molecule has 0 radical (unpaired) electrons. The van der Waals surface area contributed by atoms with Gasteiger partial charge in [-0.2, -0.15) is 5.10 Å². The summed E-state index contributed by atoms with van der Waals surface area (Å²) in [5.74, 6) is 0.153. The Morgan fingerprint density at radius 3 is 2.58 bits per heavy atom. The fraction of sp³-hybridized carbons (Fsp3) is 0.400. The SMILES string of the molecule is COc1cnn(C)c1S(N)(=O)=O. The van der Waals surface area contributed by atoms with Crippen LogP contribution in [-0.4, -0.2) is 25.3 Å². The molecule has 1 aromatic heterocycles. The van der Waals surface area contributed by atoms with Crippen LogP contribution in [-0.2, 0) is 17.1 Å². The highest BCUT2D eigenvalue weighted by Gasteiger charge is 2.19. The van der Waals surface area contributed by atoms with Crippen molar-refractivity contribution >= 4 is 10.0 Å². The lowest BCUT2D eigenvalue weighted by Gasteiger charge is -2.00. The molecule has 0 amide bonds. The van der Waals surface area contributed by atoms with E-state index in [0.29, 0.717) is 0 Å². The second-order valence-corrected chi connectivity index (χ2v) is 3.66. The van der Waals surface area contributed by atoms with Crippen LogP contribution in [0.4, 0.5) is 0 Å². The maximum Gasteiger partial charge on any atom is 0.259 e. The van der Waals surface area contributed by atoms with Crippen molar-refractivity contribution in [3.8, 4) is 5.75 Å². The van der Waals surface area contributed by atoms with Crippen LogP contribution in [0.15, 0.2) is 11.2 Å². The Kier molecular flexibility index (Phi) is 2.07. The lowest BCUT2D eigenvalue weighted by molar-refractivity contribution is 0.399. The van der Waals surface area contributed by atoms with Crippen molar-refractivity contribution in [1.82, 2.24) is 9.78 Å². The highest BCUT2D eigenvalue weighted by Crippen LogP contribution is 2.19. The summed E-state index contributed by atoms with van der Waals surface area (Å²) >= 11 is 0. The number of hydrogen-bond acceptors (Lipinski definition) is 4. The highest BCUT2D eigenvalue weighted by molar-refractivity contribution is 7.89. The summed E-state index contributed by atoms with van der Waals surface area (Å²) < 4.78 is 27.8. The first-order valence-corrected chi connectivity index (χ1v) is 4.60. The second kappa shape index (κ2) is 2.76. The number of hydrogen-bond donors (Lipinski definition) is 1. The molecule has 0 saturated carbocycles. The lowest BCUT2D eigenvalue weighted by Crippen LogP contribution is -2.17. The molecule has 12 heavy (non-hydrogen) atoms. The first kappa shape index (κ1) is 9.01. The molecule has 0 bridgehead atoms. The van der Waals surface area contributed by atoms with E-state index < -0.39 is 10.0 Å². The molecule has 0 aliphatic heterocycles. The van der Waals surface area contributed by atoms with Gasteiger partial charge in [-0.05, 0) is 0 Å². The van der Waals surface area contributed by atoms with Gasteiger partial charge in [0.05, 0.1) is 13.3 Å². The van der Waals surface area contributed by atoms with Crippen LogP contribution in [0.5, 0.6) is 5.75 Å². The van der Waals surface area contributed by atoms with E-state index in [1.54, 1.807) is 0 Å². The summed E-state index contributed by atoms with van der Waals surface area (Å²) in [5.41, 5.74) is 0. The van der Waals surface area contributed by atoms with Gasteiger partial charge in [0, 0.05) is 7.05 Å². The summed E-state index contributed by atoms with van der Waals surface area (Å²) in [6.07, 6.45) is 1.29. The maximum absolute atomic E-state index is 10.9. The van der Waals surface area contributed by atoms with Crippen LogP contribution in [0.25, 0.3) is 0 Å².